The van der Waals surface area contributed by atoms with Gasteiger partial charge in [-0.25, -0.2) is 4.79 Å². The molecule has 37 heavy (non-hydrogen) atoms. The molecule has 0 aliphatic carbocycles. The van der Waals surface area contributed by atoms with Gasteiger partial charge in [-0.1, -0.05) is 65.0 Å². The number of hydrogen-bond acceptors (Lipinski definition) is 4. The number of carbonyl (C=O) groups excluding carboxylic acids is 3. The largest absolute Gasteiger partial charge is 0.444 e. The number of benzene rings is 1. The number of alkyl carbamates (subject to hydrolysis) is 1. The summed E-state index contributed by atoms with van der Waals surface area (Å²) in [6.07, 6.45) is 9.08. The Morgan fingerprint density at radius 3 is 2.14 bits per heavy atom. The minimum atomic E-state index is -0.872. The van der Waals surface area contributed by atoms with Crippen molar-refractivity contribution in [3.63, 3.8) is 0 Å². The van der Waals surface area contributed by atoms with Crippen molar-refractivity contribution in [3.05, 3.63) is 35.4 Å². The molecule has 0 saturated heterocycles. The summed E-state index contributed by atoms with van der Waals surface area (Å²) in [5, 5.41) is 5.82. The molecule has 0 heterocycles. The lowest BCUT2D eigenvalue weighted by atomic mass is 9.94. The van der Waals surface area contributed by atoms with E-state index in [1.807, 2.05) is 27.7 Å². The molecule has 7 heteroatoms. The highest BCUT2D eigenvalue weighted by Gasteiger charge is 2.40. The summed E-state index contributed by atoms with van der Waals surface area (Å²) in [7, 11) is 0. The maximum Gasteiger partial charge on any atom is 0.408 e. The van der Waals surface area contributed by atoms with Crippen LogP contribution in [0.5, 0.6) is 0 Å². The highest BCUT2D eigenvalue weighted by Crippen LogP contribution is 2.28. The van der Waals surface area contributed by atoms with E-state index >= 15 is 0 Å². The zero-order valence-electron chi connectivity index (χ0n) is 24.0. The van der Waals surface area contributed by atoms with Crippen LogP contribution >= 0.6 is 0 Å². The number of nitrogens with one attached hydrogen (secondary N) is 2. The van der Waals surface area contributed by atoms with Gasteiger partial charge in [0.15, 0.2) is 0 Å². The summed E-state index contributed by atoms with van der Waals surface area (Å²) >= 11 is 0. The van der Waals surface area contributed by atoms with Crippen LogP contribution < -0.4 is 10.6 Å². The fourth-order valence-electron chi connectivity index (χ4n) is 3.96. The van der Waals surface area contributed by atoms with Crippen LogP contribution in [0.1, 0.15) is 105 Å². The van der Waals surface area contributed by atoms with Gasteiger partial charge in [0, 0.05) is 18.2 Å². The SMILES string of the molecule is C#Cc1ccc(C(C(=O)NCCCCC)N(C(=O)C(NC(=O)OC(C)(C)C)C(C)CC)C(C)CC)cc1. The summed E-state index contributed by atoms with van der Waals surface area (Å²) < 4.78 is 5.45. The molecule has 0 aliphatic heterocycles. The lowest BCUT2D eigenvalue weighted by molar-refractivity contribution is -0.146. The standard InChI is InChI=1S/C30H47N3O4/c1-10-14-15-20-31-27(34)26(24-18-16-23(13-4)17-19-24)33(22(6)12-3)28(35)25(21(5)11-2)32-29(36)37-30(7,8)9/h4,16-19,21-22,25-26H,10-12,14-15,20H2,1-3,5-9H3,(H,31,34)(H,32,36). The van der Waals surface area contributed by atoms with Crippen LogP contribution in [0.15, 0.2) is 24.3 Å². The molecule has 1 rings (SSSR count). The minimum absolute atomic E-state index is 0.177. The average molecular weight is 514 g/mol. The zero-order valence-corrected chi connectivity index (χ0v) is 24.0. The summed E-state index contributed by atoms with van der Waals surface area (Å²) in [5.41, 5.74) is 0.653. The van der Waals surface area contributed by atoms with Gasteiger partial charge in [-0.2, -0.15) is 0 Å². The Kier molecular flexibility index (Phi) is 13.2. The van der Waals surface area contributed by atoms with Gasteiger partial charge in [0.05, 0.1) is 0 Å². The molecule has 7 nitrogen and oxygen atoms in total. The van der Waals surface area contributed by atoms with E-state index in [2.05, 4.69) is 23.5 Å². The Morgan fingerprint density at radius 2 is 1.65 bits per heavy atom. The van der Waals surface area contributed by atoms with Crippen molar-refractivity contribution >= 4 is 17.9 Å². The van der Waals surface area contributed by atoms with Gasteiger partial charge >= 0.3 is 6.09 Å². The summed E-state index contributed by atoms with van der Waals surface area (Å²) in [5.74, 6) is 1.85. The fourth-order valence-corrected chi connectivity index (χ4v) is 3.96. The maximum atomic E-state index is 14.2. The van der Waals surface area contributed by atoms with E-state index in [1.165, 1.54) is 0 Å². The van der Waals surface area contributed by atoms with E-state index in [0.29, 0.717) is 30.5 Å². The van der Waals surface area contributed by atoms with E-state index < -0.39 is 23.8 Å². The first-order chi connectivity index (χ1) is 17.4. The van der Waals surface area contributed by atoms with E-state index in [4.69, 9.17) is 11.2 Å². The number of rotatable bonds is 13. The smallest absolute Gasteiger partial charge is 0.408 e. The summed E-state index contributed by atoms with van der Waals surface area (Å²) in [6, 6.07) is 5.16. The van der Waals surface area contributed by atoms with Crippen LogP contribution in [-0.4, -0.2) is 47.0 Å². The van der Waals surface area contributed by atoms with Crippen LogP contribution in [0.25, 0.3) is 0 Å². The predicted octanol–water partition coefficient (Wildman–Crippen LogP) is 5.58. The zero-order chi connectivity index (χ0) is 28.2. The lowest BCUT2D eigenvalue weighted by Crippen LogP contribution is -2.57. The Bertz CT molecular complexity index is 914. The van der Waals surface area contributed by atoms with Crippen LogP contribution in [0.4, 0.5) is 4.79 Å². The molecule has 0 radical (unpaired) electrons. The first-order valence-corrected chi connectivity index (χ1v) is 13.6. The highest BCUT2D eigenvalue weighted by atomic mass is 16.6. The van der Waals surface area contributed by atoms with E-state index in [1.54, 1.807) is 49.9 Å². The van der Waals surface area contributed by atoms with Crippen molar-refractivity contribution in [1.82, 2.24) is 15.5 Å². The third-order valence-electron chi connectivity index (χ3n) is 6.47. The molecule has 0 aliphatic rings. The van der Waals surface area contributed by atoms with Gasteiger partial charge in [0.2, 0.25) is 11.8 Å². The van der Waals surface area contributed by atoms with Crippen LogP contribution in [-0.2, 0) is 14.3 Å². The summed E-state index contributed by atoms with van der Waals surface area (Å²) in [4.78, 5) is 42.2. The Balaban J connectivity index is 3.51. The number of hydrogen-bond donors (Lipinski definition) is 2. The van der Waals surface area contributed by atoms with Gasteiger partial charge in [0.1, 0.15) is 17.7 Å². The van der Waals surface area contributed by atoms with Crippen molar-refractivity contribution in [3.8, 4) is 12.3 Å². The van der Waals surface area contributed by atoms with Gasteiger partial charge in [0.25, 0.3) is 0 Å². The van der Waals surface area contributed by atoms with Gasteiger partial charge < -0.3 is 20.3 Å². The normalized spacial score (nSPS) is 14.5. The third-order valence-corrected chi connectivity index (χ3v) is 6.47. The second kappa shape index (κ2) is 15.3. The van der Waals surface area contributed by atoms with Crippen molar-refractivity contribution in [2.75, 3.05) is 6.54 Å². The fraction of sp³-hybridized carbons (Fsp3) is 0.633. The quantitative estimate of drug-likeness (QED) is 0.266. The highest BCUT2D eigenvalue weighted by molar-refractivity contribution is 5.92. The van der Waals surface area contributed by atoms with Crippen molar-refractivity contribution in [2.45, 2.75) is 111 Å². The van der Waals surface area contributed by atoms with Crippen molar-refractivity contribution in [1.29, 1.82) is 0 Å². The number of amides is 3. The topological polar surface area (TPSA) is 87.7 Å². The Labute approximate surface area is 224 Å². The second-order valence-corrected chi connectivity index (χ2v) is 10.7. The molecule has 1 aromatic rings. The molecule has 2 N–H and O–H groups in total. The number of carbonyl (C=O) groups is 3. The van der Waals surface area contributed by atoms with Gasteiger partial charge in [-0.3, -0.25) is 9.59 Å². The first-order valence-electron chi connectivity index (χ1n) is 13.6. The molecule has 0 saturated carbocycles. The van der Waals surface area contributed by atoms with Gasteiger partial charge in [-0.05, 0) is 64.2 Å². The van der Waals surface area contributed by atoms with Gasteiger partial charge in [-0.15, -0.1) is 6.42 Å². The van der Waals surface area contributed by atoms with Crippen LogP contribution in [0.3, 0.4) is 0 Å². The Hall–Kier alpha value is -3.01. The average Bonchev–Trinajstić information content (AvgIpc) is 2.86. The second-order valence-electron chi connectivity index (χ2n) is 10.7. The van der Waals surface area contributed by atoms with Crippen LogP contribution in [0.2, 0.25) is 0 Å². The molecular weight excluding hydrogens is 466 g/mol. The number of nitrogens with zero attached hydrogens (tertiary/aromatic N) is 1. The molecule has 206 valence electrons. The molecule has 0 aromatic heterocycles. The minimum Gasteiger partial charge on any atom is -0.444 e. The third kappa shape index (κ3) is 10.1. The van der Waals surface area contributed by atoms with E-state index in [9.17, 15) is 14.4 Å². The summed E-state index contributed by atoms with van der Waals surface area (Å²) in [6.45, 7) is 15.7. The molecule has 4 unspecified atom stereocenters. The van der Waals surface area contributed by atoms with E-state index in [0.717, 1.165) is 19.3 Å². The molecule has 0 bridgehead atoms. The predicted molar refractivity (Wildman–Crippen MR) is 149 cm³/mol. The molecule has 4 atom stereocenters. The number of unbranched alkanes of at least 4 members (excludes halogenated alkanes) is 2. The number of terminal acetylenes is 1. The molecule has 3 amide bonds. The van der Waals surface area contributed by atoms with Crippen molar-refractivity contribution < 1.29 is 19.1 Å². The van der Waals surface area contributed by atoms with E-state index in [-0.39, 0.29) is 23.8 Å². The lowest BCUT2D eigenvalue weighted by Gasteiger charge is -2.39. The molecular formula is C30H47N3O4. The van der Waals surface area contributed by atoms with Crippen molar-refractivity contribution in [2.24, 2.45) is 5.92 Å². The molecule has 0 spiro atoms. The maximum absolute atomic E-state index is 14.2. The number of ether oxygens (including phenoxy) is 1. The molecule has 1 aromatic carbocycles. The molecule has 0 fully saturated rings. The Morgan fingerprint density at radius 1 is 1.03 bits per heavy atom. The van der Waals surface area contributed by atoms with Crippen LogP contribution in [0, 0.1) is 18.3 Å². The first kappa shape index (κ1) is 32.0. The monoisotopic (exact) mass is 513 g/mol.